The summed E-state index contributed by atoms with van der Waals surface area (Å²) in [5.74, 6) is 1.92. The smallest absolute Gasteiger partial charge is 0.260 e. The van der Waals surface area contributed by atoms with Gasteiger partial charge >= 0.3 is 0 Å². The molecule has 1 aliphatic rings. The molecular formula is C19H21NO3. The molecule has 0 saturated carbocycles. The largest absolute Gasteiger partial charge is 0.497 e. The summed E-state index contributed by atoms with van der Waals surface area (Å²) in [7, 11) is 1.62. The molecular weight excluding hydrogens is 290 g/mol. The van der Waals surface area contributed by atoms with Gasteiger partial charge in [0.25, 0.3) is 5.91 Å². The van der Waals surface area contributed by atoms with Crippen LogP contribution in [0, 0.1) is 0 Å². The Balaban J connectivity index is 1.51. The zero-order valence-electron chi connectivity index (χ0n) is 13.3. The van der Waals surface area contributed by atoms with Crippen LogP contribution in [0.2, 0.25) is 0 Å². The number of carbonyl (C=O) groups is 1. The molecule has 120 valence electrons. The molecule has 3 rings (SSSR count). The third kappa shape index (κ3) is 3.83. The Morgan fingerprint density at radius 2 is 1.78 bits per heavy atom. The van der Waals surface area contributed by atoms with E-state index in [1.165, 1.54) is 5.56 Å². The Bertz CT molecular complexity index is 639. The van der Waals surface area contributed by atoms with Crippen LogP contribution < -0.4 is 9.47 Å². The highest BCUT2D eigenvalue weighted by molar-refractivity contribution is 5.78. The minimum absolute atomic E-state index is 0.0410. The summed E-state index contributed by atoms with van der Waals surface area (Å²) in [5, 5.41) is 0. The molecule has 1 saturated heterocycles. The second kappa shape index (κ2) is 7.18. The van der Waals surface area contributed by atoms with Crippen LogP contribution in [0.25, 0.3) is 0 Å². The summed E-state index contributed by atoms with van der Waals surface area (Å²) in [5.41, 5.74) is 1.30. The van der Waals surface area contributed by atoms with Gasteiger partial charge in [0.05, 0.1) is 7.11 Å². The fraction of sp³-hybridized carbons (Fsp3) is 0.316. The van der Waals surface area contributed by atoms with Crippen LogP contribution in [0.4, 0.5) is 0 Å². The van der Waals surface area contributed by atoms with Gasteiger partial charge in [0.1, 0.15) is 11.5 Å². The molecule has 0 N–H and O–H groups in total. The normalized spacial score (nSPS) is 17.1. The zero-order chi connectivity index (χ0) is 16.1. The quantitative estimate of drug-likeness (QED) is 0.852. The summed E-state index contributed by atoms with van der Waals surface area (Å²) in [4.78, 5) is 14.2. The number of benzene rings is 2. The molecule has 1 heterocycles. The molecule has 4 nitrogen and oxygen atoms in total. The van der Waals surface area contributed by atoms with Crippen LogP contribution in [0.3, 0.4) is 0 Å². The average Bonchev–Trinajstić information content (AvgIpc) is 3.11. The zero-order valence-corrected chi connectivity index (χ0v) is 13.3. The maximum Gasteiger partial charge on any atom is 0.260 e. The van der Waals surface area contributed by atoms with Crippen molar-refractivity contribution in [2.45, 2.75) is 12.3 Å². The van der Waals surface area contributed by atoms with E-state index in [4.69, 9.17) is 9.47 Å². The van der Waals surface area contributed by atoms with Crippen molar-refractivity contribution in [1.29, 1.82) is 0 Å². The lowest BCUT2D eigenvalue weighted by molar-refractivity contribution is -0.132. The van der Waals surface area contributed by atoms with Crippen LogP contribution in [0.5, 0.6) is 11.5 Å². The number of ether oxygens (including phenoxy) is 2. The molecule has 1 amide bonds. The van der Waals surface area contributed by atoms with Crippen molar-refractivity contribution in [2.75, 3.05) is 26.8 Å². The number of carbonyl (C=O) groups excluding carboxylic acids is 1. The van der Waals surface area contributed by atoms with Crippen molar-refractivity contribution >= 4 is 5.91 Å². The van der Waals surface area contributed by atoms with E-state index in [0.717, 1.165) is 25.3 Å². The molecule has 0 bridgehead atoms. The molecule has 0 radical (unpaired) electrons. The molecule has 4 heteroatoms. The van der Waals surface area contributed by atoms with Gasteiger partial charge in [-0.2, -0.15) is 0 Å². The highest BCUT2D eigenvalue weighted by Crippen LogP contribution is 2.27. The Kier molecular flexibility index (Phi) is 4.81. The number of nitrogens with zero attached hydrogens (tertiary/aromatic N) is 1. The lowest BCUT2D eigenvalue weighted by Gasteiger charge is -2.17. The number of amides is 1. The Labute approximate surface area is 136 Å². The van der Waals surface area contributed by atoms with E-state index in [-0.39, 0.29) is 12.5 Å². The molecule has 0 aliphatic carbocycles. The second-order valence-electron chi connectivity index (χ2n) is 5.70. The number of likely N-dealkylation sites (tertiary alicyclic amines) is 1. The van der Waals surface area contributed by atoms with Crippen molar-refractivity contribution in [1.82, 2.24) is 4.90 Å². The van der Waals surface area contributed by atoms with E-state index >= 15 is 0 Å². The monoisotopic (exact) mass is 311 g/mol. The maximum absolute atomic E-state index is 12.3. The number of hydrogen-bond donors (Lipinski definition) is 0. The fourth-order valence-electron chi connectivity index (χ4n) is 2.89. The minimum atomic E-state index is 0.0410. The van der Waals surface area contributed by atoms with Gasteiger partial charge in [-0.1, -0.05) is 30.3 Å². The third-order valence-corrected chi connectivity index (χ3v) is 4.23. The summed E-state index contributed by atoms with van der Waals surface area (Å²) < 4.78 is 10.7. The van der Waals surface area contributed by atoms with Gasteiger partial charge in [-0.25, -0.2) is 0 Å². The fourth-order valence-corrected chi connectivity index (χ4v) is 2.89. The summed E-state index contributed by atoms with van der Waals surface area (Å²) in [6.45, 7) is 1.65. The molecule has 1 atom stereocenters. The Morgan fingerprint density at radius 1 is 1.09 bits per heavy atom. The molecule has 1 aliphatic heterocycles. The highest BCUT2D eigenvalue weighted by Gasteiger charge is 2.27. The molecule has 2 aromatic carbocycles. The van der Waals surface area contributed by atoms with Crippen molar-refractivity contribution in [3.05, 3.63) is 60.2 Å². The van der Waals surface area contributed by atoms with E-state index in [9.17, 15) is 4.79 Å². The first-order valence-electron chi connectivity index (χ1n) is 7.86. The van der Waals surface area contributed by atoms with E-state index in [1.54, 1.807) is 7.11 Å². The standard InChI is InChI=1S/C19H21NO3/c1-22-17-7-9-18(10-8-17)23-14-19(21)20-12-11-16(13-20)15-5-3-2-4-6-15/h2-10,16H,11-14H2,1H3. The van der Waals surface area contributed by atoms with E-state index < -0.39 is 0 Å². The lowest BCUT2D eigenvalue weighted by atomic mass is 9.99. The van der Waals surface area contributed by atoms with Crippen molar-refractivity contribution in [3.8, 4) is 11.5 Å². The van der Waals surface area contributed by atoms with Gasteiger partial charge < -0.3 is 14.4 Å². The van der Waals surface area contributed by atoms with Crippen LogP contribution in [-0.2, 0) is 4.79 Å². The van der Waals surface area contributed by atoms with Crippen LogP contribution in [0.1, 0.15) is 17.9 Å². The van der Waals surface area contributed by atoms with Crippen molar-refractivity contribution < 1.29 is 14.3 Å². The predicted molar refractivity (Wildman–Crippen MR) is 88.9 cm³/mol. The van der Waals surface area contributed by atoms with Gasteiger partial charge in [0.15, 0.2) is 6.61 Å². The summed E-state index contributed by atoms with van der Waals surface area (Å²) >= 11 is 0. The Morgan fingerprint density at radius 3 is 2.48 bits per heavy atom. The Hall–Kier alpha value is -2.49. The van der Waals surface area contributed by atoms with Gasteiger partial charge in [-0.05, 0) is 36.2 Å². The van der Waals surface area contributed by atoms with Gasteiger partial charge in [0, 0.05) is 19.0 Å². The predicted octanol–water partition coefficient (Wildman–Crippen LogP) is 3.09. The molecule has 23 heavy (non-hydrogen) atoms. The highest BCUT2D eigenvalue weighted by atomic mass is 16.5. The number of rotatable bonds is 5. The third-order valence-electron chi connectivity index (χ3n) is 4.23. The average molecular weight is 311 g/mol. The topological polar surface area (TPSA) is 38.8 Å². The second-order valence-corrected chi connectivity index (χ2v) is 5.70. The number of methoxy groups -OCH3 is 1. The van der Waals surface area contributed by atoms with E-state index in [1.807, 2.05) is 47.4 Å². The van der Waals surface area contributed by atoms with Gasteiger partial charge in [0.2, 0.25) is 0 Å². The van der Waals surface area contributed by atoms with Crippen LogP contribution in [0.15, 0.2) is 54.6 Å². The van der Waals surface area contributed by atoms with Crippen molar-refractivity contribution in [3.63, 3.8) is 0 Å². The first-order valence-corrected chi connectivity index (χ1v) is 7.86. The first-order chi connectivity index (χ1) is 11.3. The molecule has 1 unspecified atom stereocenters. The van der Waals surface area contributed by atoms with Crippen molar-refractivity contribution in [2.24, 2.45) is 0 Å². The maximum atomic E-state index is 12.3. The SMILES string of the molecule is COc1ccc(OCC(=O)N2CCC(c3ccccc3)C2)cc1. The van der Waals surface area contributed by atoms with Gasteiger partial charge in [-0.15, -0.1) is 0 Å². The molecule has 0 spiro atoms. The summed E-state index contributed by atoms with van der Waals surface area (Å²) in [6.07, 6.45) is 1.01. The number of hydrogen-bond acceptors (Lipinski definition) is 3. The van der Waals surface area contributed by atoms with E-state index in [2.05, 4.69) is 12.1 Å². The molecule has 1 fully saturated rings. The lowest BCUT2D eigenvalue weighted by Crippen LogP contribution is -2.32. The first kappa shape index (κ1) is 15.4. The molecule has 2 aromatic rings. The van der Waals surface area contributed by atoms with Gasteiger partial charge in [-0.3, -0.25) is 4.79 Å². The van der Waals surface area contributed by atoms with E-state index in [0.29, 0.717) is 11.7 Å². The summed E-state index contributed by atoms with van der Waals surface area (Å²) in [6, 6.07) is 17.6. The van der Waals surface area contributed by atoms with Crippen LogP contribution >= 0.6 is 0 Å². The minimum Gasteiger partial charge on any atom is -0.497 e. The van der Waals surface area contributed by atoms with Crippen LogP contribution in [-0.4, -0.2) is 37.6 Å². The molecule has 0 aromatic heterocycles.